The Kier molecular flexibility index (Phi) is 2.88. The van der Waals surface area contributed by atoms with Gasteiger partial charge in [0.15, 0.2) is 0 Å². The Hall–Kier alpha value is -0.610. The van der Waals surface area contributed by atoms with Gasteiger partial charge in [0.25, 0.3) is 0 Å². The largest absolute Gasteiger partial charge is 0.459 e. The van der Waals surface area contributed by atoms with Crippen LogP contribution in [0.25, 0.3) is 0 Å². The van der Waals surface area contributed by atoms with Gasteiger partial charge in [-0.1, -0.05) is 0 Å². The van der Waals surface area contributed by atoms with Crippen molar-refractivity contribution in [1.82, 2.24) is 0 Å². The lowest BCUT2D eigenvalue weighted by molar-refractivity contribution is -0.168. The fourth-order valence-electron chi connectivity index (χ4n) is 1.65. The molecule has 0 radical (unpaired) electrons. The zero-order chi connectivity index (χ0) is 11.0. The predicted molar refractivity (Wildman–Crippen MR) is 52.6 cm³/mol. The summed E-state index contributed by atoms with van der Waals surface area (Å²) in [7, 11) is 0. The second-order valence-electron chi connectivity index (χ2n) is 5.11. The van der Waals surface area contributed by atoms with Gasteiger partial charge in [0, 0.05) is 6.61 Å². The standard InChI is InChI=1S/C10H19NO3/c1-9(2,3)14-8(13)10(11)4-7(5-10)6-12/h7,12H,4-6,11H2,1-3H3. The summed E-state index contributed by atoms with van der Waals surface area (Å²) in [5.41, 5.74) is 4.48. The molecule has 0 saturated heterocycles. The molecule has 1 fully saturated rings. The Morgan fingerprint density at radius 1 is 1.57 bits per heavy atom. The predicted octanol–water partition coefficient (Wildman–Crippen LogP) is 0.428. The number of nitrogens with two attached hydrogens (primary N) is 1. The van der Waals surface area contributed by atoms with E-state index in [0.717, 1.165) is 0 Å². The summed E-state index contributed by atoms with van der Waals surface area (Å²) >= 11 is 0. The molecule has 0 aliphatic heterocycles. The molecule has 0 amide bonds. The SMILES string of the molecule is CC(C)(C)OC(=O)C1(N)CC(CO)C1. The van der Waals surface area contributed by atoms with Gasteiger partial charge < -0.3 is 15.6 Å². The third-order valence-corrected chi connectivity index (χ3v) is 2.37. The number of rotatable bonds is 2. The number of hydrogen-bond donors (Lipinski definition) is 2. The molecular weight excluding hydrogens is 182 g/mol. The number of hydrogen-bond acceptors (Lipinski definition) is 4. The smallest absolute Gasteiger partial charge is 0.326 e. The Morgan fingerprint density at radius 3 is 2.43 bits per heavy atom. The van der Waals surface area contributed by atoms with Crippen LogP contribution in [0.5, 0.6) is 0 Å². The first-order valence-corrected chi connectivity index (χ1v) is 4.90. The molecule has 1 rings (SSSR count). The maximum Gasteiger partial charge on any atom is 0.326 e. The molecule has 0 heterocycles. The van der Waals surface area contributed by atoms with E-state index in [1.807, 2.05) is 20.8 Å². The zero-order valence-electron chi connectivity index (χ0n) is 9.04. The van der Waals surface area contributed by atoms with E-state index in [-0.39, 0.29) is 18.5 Å². The van der Waals surface area contributed by atoms with E-state index in [0.29, 0.717) is 12.8 Å². The van der Waals surface area contributed by atoms with Gasteiger partial charge in [-0.3, -0.25) is 4.79 Å². The minimum atomic E-state index is -0.860. The van der Waals surface area contributed by atoms with E-state index in [4.69, 9.17) is 15.6 Å². The third-order valence-electron chi connectivity index (χ3n) is 2.37. The van der Waals surface area contributed by atoms with E-state index < -0.39 is 11.1 Å². The van der Waals surface area contributed by atoms with Crippen LogP contribution in [0.1, 0.15) is 33.6 Å². The first-order chi connectivity index (χ1) is 6.27. The molecule has 3 N–H and O–H groups in total. The zero-order valence-corrected chi connectivity index (χ0v) is 9.04. The van der Waals surface area contributed by atoms with Gasteiger partial charge in [0.05, 0.1) is 0 Å². The monoisotopic (exact) mass is 201 g/mol. The highest BCUT2D eigenvalue weighted by atomic mass is 16.6. The lowest BCUT2D eigenvalue weighted by Crippen LogP contribution is -2.60. The van der Waals surface area contributed by atoms with Crippen LogP contribution in [0.2, 0.25) is 0 Å². The minimum absolute atomic E-state index is 0.0990. The van der Waals surface area contributed by atoms with Gasteiger partial charge >= 0.3 is 5.97 Å². The molecule has 1 aliphatic carbocycles. The number of ether oxygens (including phenoxy) is 1. The Balaban J connectivity index is 2.47. The van der Waals surface area contributed by atoms with Gasteiger partial charge in [-0.25, -0.2) is 0 Å². The summed E-state index contributed by atoms with van der Waals surface area (Å²) in [6.45, 7) is 5.55. The summed E-state index contributed by atoms with van der Waals surface area (Å²) < 4.78 is 5.19. The molecule has 0 aromatic carbocycles. The summed E-state index contributed by atoms with van der Waals surface area (Å²) in [5.74, 6) is -0.192. The van der Waals surface area contributed by atoms with Crippen molar-refractivity contribution in [2.24, 2.45) is 11.7 Å². The number of carbonyl (C=O) groups excluding carboxylic acids is 1. The lowest BCUT2D eigenvalue weighted by atomic mass is 9.69. The van der Waals surface area contributed by atoms with Crippen molar-refractivity contribution >= 4 is 5.97 Å². The van der Waals surface area contributed by atoms with Crippen molar-refractivity contribution in [3.05, 3.63) is 0 Å². The molecule has 0 atom stereocenters. The van der Waals surface area contributed by atoms with E-state index in [1.54, 1.807) is 0 Å². The lowest BCUT2D eigenvalue weighted by Gasteiger charge is -2.42. The van der Waals surface area contributed by atoms with Gasteiger partial charge in [0.2, 0.25) is 0 Å². The van der Waals surface area contributed by atoms with E-state index >= 15 is 0 Å². The second-order valence-corrected chi connectivity index (χ2v) is 5.11. The fourth-order valence-corrected chi connectivity index (χ4v) is 1.65. The fraction of sp³-hybridized carbons (Fsp3) is 0.900. The van der Waals surface area contributed by atoms with E-state index in [1.165, 1.54) is 0 Å². The normalized spacial score (nSPS) is 32.2. The topological polar surface area (TPSA) is 72.5 Å². The van der Waals surface area contributed by atoms with Crippen LogP contribution >= 0.6 is 0 Å². The third kappa shape index (κ3) is 2.45. The Labute approximate surface area is 84.4 Å². The van der Waals surface area contributed by atoms with Crippen LogP contribution in [0.4, 0.5) is 0 Å². The Morgan fingerprint density at radius 2 is 2.07 bits per heavy atom. The molecule has 0 aromatic rings. The molecule has 0 spiro atoms. The van der Waals surface area contributed by atoms with Crippen LogP contribution in [0.15, 0.2) is 0 Å². The maximum absolute atomic E-state index is 11.6. The first kappa shape index (κ1) is 11.5. The molecule has 0 aromatic heterocycles. The number of aliphatic hydroxyl groups is 1. The van der Waals surface area contributed by atoms with E-state index in [2.05, 4.69) is 0 Å². The van der Waals surface area contributed by atoms with Gasteiger partial charge in [-0.15, -0.1) is 0 Å². The summed E-state index contributed by atoms with van der Waals surface area (Å²) in [5, 5.41) is 8.82. The van der Waals surface area contributed by atoms with Crippen LogP contribution in [0, 0.1) is 5.92 Å². The highest BCUT2D eigenvalue weighted by molar-refractivity contribution is 5.82. The average Bonchev–Trinajstić information content (AvgIpc) is 1.94. The first-order valence-electron chi connectivity index (χ1n) is 4.90. The highest BCUT2D eigenvalue weighted by Crippen LogP contribution is 2.37. The van der Waals surface area contributed by atoms with Crippen molar-refractivity contribution in [3.63, 3.8) is 0 Å². The molecule has 4 heteroatoms. The summed E-state index contributed by atoms with van der Waals surface area (Å²) in [4.78, 5) is 11.6. The summed E-state index contributed by atoms with van der Waals surface area (Å²) in [6.07, 6.45) is 1.05. The van der Waals surface area contributed by atoms with Crippen molar-refractivity contribution in [2.75, 3.05) is 6.61 Å². The van der Waals surface area contributed by atoms with Crippen LogP contribution < -0.4 is 5.73 Å². The maximum atomic E-state index is 11.6. The van der Waals surface area contributed by atoms with Crippen molar-refractivity contribution in [3.8, 4) is 0 Å². The molecule has 0 unspecified atom stereocenters. The molecule has 0 bridgehead atoms. The number of carbonyl (C=O) groups is 1. The van der Waals surface area contributed by atoms with Gasteiger partial charge in [-0.2, -0.15) is 0 Å². The molecule has 4 nitrogen and oxygen atoms in total. The molecule has 14 heavy (non-hydrogen) atoms. The van der Waals surface area contributed by atoms with Crippen LogP contribution in [-0.2, 0) is 9.53 Å². The second kappa shape index (κ2) is 3.51. The molecular formula is C10H19NO3. The number of aliphatic hydroxyl groups excluding tert-OH is 1. The van der Waals surface area contributed by atoms with Crippen molar-refractivity contribution in [1.29, 1.82) is 0 Å². The van der Waals surface area contributed by atoms with Crippen LogP contribution in [-0.4, -0.2) is 28.8 Å². The minimum Gasteiger partial charge on any atom is -0.459 e. The number of esters is 1. The van der Waals surface area contributed by atoms with Crippen LogP contribution in [0.3, 0.4) is 0 Å². The van der Waals surface area contributed by atoms with Crippen molar-refractivity contribution in [2.45, 2.75) is 44.8 Å². The Bertz CT molecular complexity index is 226. The summed E-state index contributed by atoms with van der Waals surface area (Å²) in [6, 6.07) is 0. The van der Waals surface area contributed by atoms with Gasteiger partial charge in [0.1, 0.15) is 11.1 Å². The van der Waals surface area contributed by atoms with Crippen molar-refractivity contribution < 1.29 is 14.6 Å². The van der Waals surface area contributed by atoms with E-state index in [9.17, 15) is 4.79 Å². The molecule has 1 aliphatic rings. The molecule has 1 saturated carbocycles. The molecule has 82 valence electrons. The average molecular weight is 201 g/mol. The highest BCUT2D eigenvalue weighted by Gasteiger charge is 2.48. The quantitative estimate of drug-likeness (QED) is 0.635. The van der Waals surface area contributed by atoms with Gasteiger partial charge in [-0.05, 0) is 39.5 Å².